The summed E-state index contributed by atoms with van der Waals surface area (Å²) in [6, 6.07) is 2.04. The summed E-state index contributed by atoms with van der Waals surface area (Å²) < 4.78 is 1.99. The van der Waals surface area contributed by atoms with E-state index in [2.05, 4.69) is 13.2 Å². The zero-order valence-corrected chi connectivity index (χ0v) is 7.09. The van der Waals surface area contributed by atoms with Gasteiger partial charge in [0.15, 0.2) is 0 Å². The van der Waals surface area contributed by atoms with Crippen LogP contribution in [0.3, 0.4) is 0 Å². The predicted molar refractivity (Wildman–Crippen MR) is 49.5 cm³/mol. The highest BCUT2D eigenvalue weighted by atomic mass is 14.9. The van der Waals surface area contributed by atoms with Crippen molar-refractivity contribution in [3.05, 3.63) is 35.0 Å². The van der Waals surface area contributed by atoms with Gasteiger partial charge in [-0.05, 0) is 18.2 Å². The zero-order valence-electron chi connectivity index (χ0n) is 7.09. The second kappa shape index (κ2) is 2.79. The molecule has 0 saturated carbocycles. The Hall–Kier alpha value is -1.24. The summed E-state index contributed by atoms with van der Waals surface area (Å²) in [6.07, 6.45) is 4.03. The summed E-state index contributed by atoms with van der Waals surface area (Å²) in [5, 5.41) is 2.19. The lowest BCUT2D eigenvalue weighted by Crippen LogP contribution is -2.25. The molecule has 1 rings (SSSR count). The molecule has 1 heterocycles. The molecular weight excluding hydrogens is 134 g/mol. The molecule has 0 aliphatic carbocycles. The molecule has 0 N–H and O–H groups in total. The third kappa shape index (κ3) is 1.61. The van der Waals surface area contributed by atoms with Crippen molar-refractivity contribution in [2.24, 2.45) is 7.05 Å². The molecule has 0 aliphatic heterocycles. The smallest absolute Gasteiger partial charge is 0.0404 e. The lowest BCUT2D eigenvalue weighted by atomic mass is 10.3. The van der Waals surface area contributed by atoms with Gasteiger partial charge in [-0.15, -0.1) is 0 Å². The van der Waals surface area contributed by atoms with Gasteiger partial charge < -0.3 is 4.57 Å². The van der Waals surface area contributed by atoms with Gasteiger partial charge in [-0.25, -0.2) is 0 Å². The highest BCUT2D eigenvalue weighted by Gasteiger charge is 1.86. The molecule has 0 radical (unpaired) electrons. The molecule has 1 aromatic rings. The number of allylic oxidation sites excluding steroid dienone is 1. The van der Waals surface area contributed by atoms with Gasteiger partial charge in [0, 0.05) is 18.6 Å². The average molecular weight is 147 g/mol. The standard InChI is InChI=1S/C10H13N/c1-8(2)7-10-5-6-11(4)9(10)3/h5-7H,1,3H2,2,4H3/b10-7-. The number of aryl methyl sites for hydroxylation is 1. The second-order valence-corrected chi connectivity index (χ2v) is 2.82. The summed E-state index contributed by atoms with van der Waals surface area (Å²) in [6.45, 7) is 9.71. The molecule has 1 aromatic heterocycles. The number of hydrogen-bond donors (Lipinski definition) is 0. The average Bonchev–Trinajstić information content (AvgIpc) is 2.18. The summed E-state index contributed by atoms with van der Waals surface area (Å²) in [7, 11) is 1.98. The minimum Gasteiger partial charge on any atom is -0.351 e. The maximum absolute atomic E-state index is 3.92. The Morgan fingerprint density at radius 2 is 2.27 bits per heavy atom. The molecule has 58 valence electrons. The Morgan fingerprint density at radius 3 is 2.64 bits per heavy atom. The van der Waals surface area contributed by atoms with Crippen LogP contribution in [-0.4, -0.2) is 4.57 Å². The molecule has 0 amide bonds. The van der Waals surface area contributed by atoms with Crippen molar-refractivity contribution in [2.45, 2.75) is 6.92 Å². The fraction of sp³-hybridized carbons (Fsp3) is 0.200. The molecule has 11 heavy (non-hydrogen) atoms. The first kappa shape index (κ1) is 7.86. The van der Waals surface area contributed by atoms with Gasteiger partial charge >= 0.3 is 0 Å². The first-order valence-electron chi connectivity index (χ1n) is 3.59. The van der Waals surface area contributed by atoms with Crippen LogP contribution in [0.2, 0.25) is 0 Å². The molecule has 0 aromatic carbocycles. The van der Waals surface area contributed by atoms with Crippen LogP contribution in [0.25, 0.3) is 12.7 Å². The lowest BCUT2D eigenvalue weighted by molar-refractivity contribution is 0.891. The minimum atomic E-state index is 1.04. The summed E-state index contributed by atoms with van der Waals surface area (Å²) in [5.41, 5.74) is 1.06. The Kier molecular flexibility index (Phi) is 1.99. The summed E-state index contributed by atoms with van der Waals surface area (Å²) >= 11 is 0. The molecule has 0 spiro atoms. The Labute approximate surface area is 67.0 Å². The highest BCUT2D eigenvalue weighted by Crippen LogP contribution is 1.85. The first-order valence-corrected chi connectivity index (χ1v) is 3.59. The molecular formula is C10H13N. The zero-order chi connectivity index (χ0) is 8.43. The lowest BCUT2D eigenvalue weighted by Gasteiger charge is -1.86. The Balaban J connectivity index is 3.37. The van der Waals surface area contributed by atoms with Crippen LogP contribution < -0.4 is 10.6 Å². The predicted octanol–water partition coefficient (Wildman–Crippen LogP) is 0.792. The second-order valence-electron chi connectivity index (χ2n) is 2.82. The third-order valence-corrected chi connectivity index (χ3v) is 1.64. The van der Waals surface area contributed by atoms with E-state index in [4.69, 9.17) is 0 Å². The summed E-state index contributed by atoms with van der Waals surface area (Å²) in [5.74, 6) is 0. The van der Waals surface area contributed by atoms with Gasteiger partial charge in [-0.1, -0.05) is 24.8 Å². The first-order chi connectivity index (χ1) is 5.11. The van der Waals surface area contributed by atoms with Crippen molar-refractivity contribution in [3.8, 4) is 0 Å². The van der Waals surface area contributed by atoms with Crippen LogP contribution in [0.4, 0.5) is 0 Å². The van der Waals surface area contributed by atoms with E-state index in [1.807, 2.05) is 36.9 Å². The van der Waals surface area contributed by atoms with E-state index in [1.54, 1.807) is 0 Å². The number of hydrogen-bond acceptors (Lipinski definition) is 0. The number of nitrogens with zero attached hydrogens (tertiary/aromatic N) is 1. The van der Waals surface area contributed by atoms with Gasteiger partial charge in [0.25, 0.3) is 0 Å². The minimum absolute atomic E-state index is 1.04. The van der Waals surface area contributed by atoms with Gasteiger partial charge in [-0.2, -0.15) is 0 Å². The molecule has 0 fully saturated rings. The van der Waals surface area contributed by atoms with E-state index in [1.165, 1.54) is 0 Å². The van der Waals surface area contributed by atoms with Crippen LogP contribution in [0, 0.1) is 0 Å². The van der Waals surface area contributed by atoms with Crippen molar-refractivity contribution in [2.75, 3.05) is 0 Å². The molecule has 0 bridgehead atoms. The van der Waals surface area contributed by atoms with E-state index in [0.29, 0.717) is 0 Å². The molecule has 1 heteroatoms. The van der Waals surface area contributed by atoms with Gasteiger partial charge in [0.1, 0.15) is 0 Å². The van der Waals surface area contributed by atoms with Crippen molar-refractivity contribution < 1.29 is 0 Å². The van der Waals surface area contributed by atoms with Crippen molar-refractivity contribution in [1.29, 1.82) is 0 Å². The fourth-order valence-corrected chi connectivity index (χ4v) is 0.979. The Bertz CT molecular complexity index is 368. The monoisotopic (exact) mass is 147 g/mol. The van der Waals surface area contributed by atoms with Crippen LogP contribution in [0.1, 0.15) is 6.92 Å². The van der Waals surface area contributed by atoms with Crippen molar-refractivity contribution >= 4 is 12.7 Å². The number of rotatable bonds is 1. The van der Waals surface area contributed by atoms with Crippen LogP contribution in [-0.2, 0) is 7.05 Å². The van der Waals surface area contributed by atoms with Crippen LogP contribution in [0.5, 0.6) is 0 Å². The van der Waals surface area contributed by atoms with Gasteiger partial charge in [0.05, 0.1) is 0 Å². The third-order valence-electron chi connectivity index (χ3n) is 1.64. The SMILES string of the molecule is C=C(C)/C=c1/ccn(C)c1=C. The van der Waals surface area contributed by atoms with Crippen molar-refractivity contribution in [3.63, 3.8) is 0 Å². The largest absolute Gasteiger partial charge is 0.351 e. The van der Waals surface area contributed by atoms with Gasteiger partial charge in [-0.3, -0.25) is 0 Å². The maximum Gasteiger partial charge on any atom is 0.0404 e. The van der Waals surface area contributed by atoms with E-state index < -0.39 is 0 Å². The molecule has 0 saturated heterocycles. The summed E-state index contributed by atoms with van der Waals surface area (Å²) in [4.78, 5) is 0. The van der Waals surface area contributed by atoms with E-state index in [-0.39, 0.29) is 0 Å². The van der Waals surface area contributed by atoms with E-state index >= 15 is 0 Å². The molecule has 0 aliphatic rings. The van der Waals surface area contributed by atoms with Gasteiger partial charge in [0.2, 0.25) is 0 Å². The number of aromatic nitrogens is 1. The Morgan fingerprint density at radius 1 is 1.64 bits per heavy atom. The maximum atomic E-state index is 3.92. The fourth-order valence-electron chi connectivity index (χ4n) is 0.979. The molecule has 1 nitrogen and oxygen atoms in total. The van der Waals surface area contributed by atoms with E-state index in [9.17, 15) is 0 Å². The van der Waals surface area contributed by atoms with Crippen LogP contribution in [0.15, 0.2) is 24.4 Å². The van der Waals surface area contributed by atoms with Crippen LogP contribution >= 0.6 is 0 Å². The van der Waals surface area contributed by atoms with E-state index in [0.717, 1.165) is 16.1 Å². The van der Waals surface area contributed by atoms with Crippen molar-refractivity contribution in [1.82, 2.24) is 4.57 Å². The highest BCUT2D eigenvalue weighted by molar-refractivity contribution is 5.43. The topological polar surface area (TPSA) is 4.93 Å². The normalized spacial score (nSPS) is 12.0. The molecule has 0 atom stereocenters. The quantitative estimate of drug-likeness (QED) is 0.553. The molecule has 0 unspecified atom stereocenters.